The molecule has 7 heteroatoms. The van der Waals surface area contributed by atoms with Crippen LogP contribution in [0.15, 0.2) is 23.9 Å². The SMILES string of the molecule is O=C(O)C1=CC=CN([C@@H]2O[C@H](CO)[C@@H](O)[C@H]2O)C1. The average Bonchev–Trinajstić information content (AvgIpc) is 2.66. The zero-order valence-electron chi connectivity index (χ0n) is 9.51. The summed E-state index contributed by atoms with van der Waals surface area (Å²) in [5.74, 6) is -1.05. The summed E-state index contributed by atoms with van der Waals surface area (Å²) in [6.07, 6.45) is 0.454. The molecule has 4 N–H and O–H groups in total. The normalized spacial score (nSPS) is 35.7. The van der Waals surface area contributed by atoms with E-state index >= 15 is 0 Å². The number of allylic oxidation sites excluding steroid dienone is 2. The van der Waals surface area contributed by atoms with Crippen LogP contribution in [-0.4, -0.2) is 69.0 Å². The third-order valence-corrected chi connectivity index (χ3v) is 3.05. The molecule has 7 nitrogen and oxygen atoms in total. The van der Waals surface area contributed by atoms with Crippen molar-refractivity contribution in [2.24, 2.45) is 0 Å². The number of aliphatic carboxylic acids is 1. The van der Waals surface area contributed by atoms with Gasteiger partial charge in [0.2, 0.25) is 0 Å². The number of ether oxygens (including phenoxy) is 1. The summed E-state index contributed by atoms with van der Waals surface area (Å²) in [5, 5.41) is 37.3. The number of hydrogen-bond donors (Lipinski definition) is 4. The first-order valence-corrected chi connectivity index (χ1v) is 5.53. The number of carboxylic acids is 1. The summed E-state index contributed by atoms with van der Waals surface area (Å²) < 4.78 is 5.31. The van der Waals surface area contributed by atoms with Crippen molar-refractivity contribution >= 4 is 5.97 Å². The second-order valence-electron chi connectivity index (χ2n) is 4.24. The number of nitrogens with zero attached hydrogens (tertiary/aromatic N) is 1. The third-order valence-electron chi connectivity index (χ3n) is 3.05. The first-order chi connectivity index (χ1) is 8.54. The Balaban J connectivity index is 2.08. The van der Waals surface area contributed by atoms with Gasteiger partial charge in [0.05, 0.1) is 18.7 Å². The van der Waals surface area contributed by atoms with Crippen LogP contribution < -0.4 is 0 Å². The van der Waals surface area contributed by atoms with Gasteiger partial charge in [-0.2, -0.15) is 0 Å². The van der Waals surface area contributed by atoms with Gasteiger partial charge in [0, 0.05) is 6.20 Å². The molecule has 18 heavy (non-hydrogen) atoms. The maximum absolute atomic E-state index is 10.9. The molecule has 0 spiro atoms. The molecular formula is C11H15NO6. The molecule has 4 atom stereocenters. The van der Waals surface area contributed by atoms with Crippen LogP contribution in [-0.2, 0) is 9.53 Å². The lowest BCUT2D eigenvalue weighted by atomic mass is 10.1. The van der Waals surface area contributed by atoms with Gasteiger partial charge in [0.1, 0.15) is 18.3 Å². The molecule has 0 unspecified atom stereocenters. The monoisotopic (exact) mass is 257 g/mol. The molecule has 2 rings (SSSR count). The highest BCUT2D eigenvalue weighted by Gasteiger charge is 2.45. The molecule has 0 aromatic heterocycles. The molecule has 0 radical (unpaired) electrons. The lowest BCUT2D eigenvalue weighted by Gasteiger charge is -2.30. The van der Waals surface area contributed by atoms with Crippen molar-refractivity contribution in [3.8, 4) is 0 Å². The minimum atomic E-state index is -1.19. The fourth-order valence-corrected chi connectivity index (χ4v) is 2.04. The van der Waals surface area contributed by atoms with Crippen molar-refractivity contribution in [3.63, 3.8) is 0 Å². The van der Waals surface area contributed by atoms with E-state index in [0.717, 1.165) is 0 Å². The summed E-state index contributed by atoms with van der Waals surface area (Å²) in [7, 11) is 0. The van der Waals surface area contributed by atoms with Crippen molar-refractivity contribution in [3.05, 3.63) is 23.9 Å². The van der Waals surface area contributed by atoms with Crippen LogP contribution in [0.25, 0.3) is 0 Å². The summed E-state index contributed by atoms with van der Waals surface area (Å²) in [4.78, 5) is 12.3. The van der Waals surface area contributed by atoms with Gasteiger partial charge in [-0.1, -0.05) is 0 Å². The number of hydrogen-bond acceptors (Lipinski definition) is 6. The molecule has 1 saturated heterocycles. The van der Waals surface area contributed by atoms with Crippen molar-refractivity contribution in [1.82, 2.24) is 4.90 Å². The molecule has 0 aromatic carbocycles. The molecule has 2 aliphatic rings. The van der Waals surface area contributed by atoms with Gasteiger partial charge >= 0.3 is 5.97 Å². The largest absolute Gasteiger partial charge is 0.478 e. The Morgan fingerprint density at radius 3 is 2.72 bits per heavy atom. The molecule has 0 bridgehead atoms. The fraction of sp³-hybridized carbons (Fsp3) is 0.545. The number of carbonyl (C=O) groups is 1. The molecule has 1 fully saturated rings. The lowest BCUT2D eigenvalue weighted by Crippen LogP contribution is -2.43. The van der Waals surface area contributed by atoms with Crippen LogP contribution in [0.1, 0.15) is 0 Å². The maximum Gasteiger partial charge on any atom is 0.333 e. The van der Waals surface area contributed by atoms with Crippen LogP contribution in [0.3, 0.4) is 0 Å². The van der Waals surface area contributed by atoms with E-state index in [9.17, 15) is 15.0 Å². The van der Waals surface area contributed by atoms with E-state index in [-0.39, 0.29) is 12.1 Å². The van der Waals surface area contributed by atoms with Crippen LogP contribution >= 0.6 is 0 Å². The number of rotatable bonds is 3. The topological polar surface area (TPSA) is 110 Å². The number of carboxylic acid groups (broad SMARTS) is 1. The van der Waals surface area contributed by atoms with Crippen LogP contribution in [0.2, 0.25) is 0 Å². The average molecular weight is 257 g/mol. The summed E-state index contributed by atoms with van der Waals surface area (Å²) >= 11 is 0. The standard InChI is InChI=1S/C11H15NO6/c13-5-7-8(14)9(15)10(18-7)12-3-1-2-6(4-12)11(16)17/h1-3,7-10,13-15H,4-5H2,(H,16,17)/t7-,8-,9-,10-/m1/s1. The Hall–Kier alpha value is -1.41. The van der Waals surface area contributed by atoms with E-state index in [1.54, 1.807) is 6.20 Å². The molecule has 0 aromatic rings. The van der Waals surface area contributed by atoms with Crippen molar-refractivity contribution in [2.75, 3.05) is 13.2 Å². The summed E-state index contributed by atoms with van der Waals surface area (Å²) in [6, 6.07) is 0. The summed E-state index contributed by atoms with van der Waals surface area (Å²) in [5.41, 5.74) is 0.162. The van der Waals surface area contributed by atoms with Crippen LogP contribution in [0.4, 0.5) is 0 Å². The second kappa shape index (κ2) is 5.07. The zero-order chi connectivity index (χ0) is 13.3. The van der Waals surface area contributed by atoms with Crippen molar-refractivity contribution < 1.29 is 30.0 Å². The molecule has 100 valence electrons. The highest BCUT2D eigenvalue weighted by molar-refractivity contribution is 5.87. The van der Waals surface area contributed by atoms with E-state index in [1.165, 1.54) is 17.1 Å². The minimum absolute atomic E-state index is 0.0679. The van der Waals surface area contributed by atoms with Gasteiger partial charge in [-0.15, -0.1) is 0 Å². The quantitative estimate of drug-likeness (QED) is 0.475. The second-order valence-corrected chi connectivity index (χ2v) is 4.24. The Bertz CT molecular complexity index is 393. The smallest absolute Gasteiger partial charge is 0.333 e. The number of aliphatic hydroxyl groups is 3. The maximum atomic E-state index is 10.9. The molecule has 0 aliphatic carbocycles. The predicted octanol–water partition coefficient (Wildman–Crippen LogP) is -1.73. The lowest BCUT2D eigenvalue weighted by molar-refractivity contribution is -0.133. The molecule has 0 saturated carbocycles. The summed E-state index contributed by atoms with van der Waals surface area (Å²) in [6.45, 7) is -0.341. The first-order valence-electron chi connectivity index (χ1n) is 5.53. The molecular weight excluding hydrogens is 242 g/mol. The van der Waals surface area contributed by atoms with Crippen molar-refractivity contribution in [2.45, 2.75) is 24.5 Å². The zero-order valence-corrected chi connectivity index (χ0v) is 9.51. The van der Waals surface area contributed by atoms with Gasteiger partial charge in [-0.25, -0.2) is 4.79 Å². The van der Waals surface area contributed by atoms with E-state index in [0.29, 0.717) is 0 Å². The van der Waals surface area contributed by atoms with Gasteiger partial charge in [0.15, 0.2) is 6.23 Å². The van der Waals surface area contributed by atoms with Crippen LogP contribution in [0.5, 0.6) is 0 Å². The van der Waals surface area contributed by atoms with Crippen LogP contribution in [0, 0.1) is 0 Å². The van der Waals surface area contributed by atoms with Gasteiger partial charge in [0.25, 0.3) is 0 Å². The Morgan fingerprint density at radius 2 is 2.17 bits per heavy atom. The molecule has 0 amide bonds. The van der Waals surface area contributed by atoms with Gasteiger partial charge in [-0.3, -0.25) is 0 Å². The first kappa shape index (κ1) is 13.0. The molecule has 2 aliphatic heterocycles. The van der Waals surface area contributed by atoms with Crippen molar-refractivity contribution in [1.29, 1.82) is 0 Å². The highest BCUT2D eigenvalue weighted by atomic mass is 16.6. The van der Waals surface area contributed by atoms with E-state index in [2.05, 4.69) is 0 Å². The Morgan fingerprint density at radius 1 is 1.44 bits per heavy atom. The molecule has 2 heterocycles. The predicted molar refractivity (Wildman–Crippen MR) is 59.3 cm³/mol. The van der Waals surface area contributed by atoms with Gasteiger partial charge < -0.3 is 30.1 Å². The van der Waals surface area contributed by atoms with E-state index in [1.807, 2.05) is 0 Å². The van der Waals surface area contributed by atoms with E-state index < -0.39 is 37.1 Å². The Kier molecular flexibility index (Phi) is 3.67. The Labute approximate surface area is 103 Å². The minimum Gasteiger partial charge on any atom is -0.478 e. The third kappa shape index (κ3) is 2.25. The fourth-order valence-electron chi connectivity index (χ4n) is 2.04. The number of aliphatic hydroxyl groups excluding tert-OH is 3. The van der Waals surface area contributed by atoms with Gasteiger partial charge in [-0.05, 0) is 12.2 Å². The van der Waals surface area contributed by atoms with E-state index in [4.69, 9.17) is 14.9 Å². The highest BCUT2D eigenvalue weighted by Crippen LogP contribution is 2.26.